The van der Waals surface area contributed by atoms with Crippen molar-refractivity contribution in [2.45, 2.75) is 42.8 Å². The number of carbonyl (C=O) groups excluding carboxylic acids is 1. The number of anilines is 1. The molecule has 3 heterocycles. The number of sulfone groups is 1. The highest BCUT2D eigenvalue weighted by atomic mass is 32.2. The Balaban J connectivity index is 1.71. The van der Waals surface area contributed by atoms with Crippen LogP contribution in [0.3, 0.4) is 0 Å². The summed E-state index contributed by atoms with van der Waals surface area (Å²) in [5.74, 6) is -1.08. The minimum atomic E-state index is -4.12. The van der Waals surface area contributed by atoms with Gasteiger partial charge in [-0.05, 0) is 38.7 Å². The van der Waals surface area contributed by atoms with E-state index in [0.29, 0.717) is 12.8 Å². The largest absolute Gasteiger partial charge is 0.325 e. The van der Waals surface area contributed by atoms with Gasteiger partial charge in [0.2, 0.25) is 5.95 Å². The molecule has 2 aromatic rings. The van der Waals surface area contributed by atoms with Gasteiger partial charge in [-0.1, -0.05) is 0 Å². The number of rotatable bonds is 5. The SMILES string of the molecule is Cn1cc(S(=O)(=O)C(C)(C)C2CCN(C(=O)Nc3ccnc(F)c3)CC2)c(C(F)F)n1. The van der Waals surface area contributed by atoms with E-state index in [-0.39, 0.29) is 24.7 Å². The molecule has 0 aliphatic carbocycles. The second-order valence-electron chi connectivity index (χ2n) is 8.02. The maximum Gasteiger partial charge on any atom is 0.321 e. The standard InChI is InChI=1S/C19H24F3N5O3S/c1-19(2,31(29,30)14-11-26(3)25-16(14)17(21)22)12-5-8-27(9-6-12)18(28)24-13-4-7-23-15(20)10-13/h4,7,10-12,17H,5-6,8-9H2,1-3H3,(H,23,24,28). The average Bonchev–Trinajstić information content (AvgIpc) is 3.11. The van der Waals surface area contributed by atoms with Crippen LogP contribution in [0, 0.1) is 11.9 Å². The number of nitrogens with zero attached hydrogens (tertiary/aromatic N) is 4. The molecule has 31 heavy (non-hydrogen) atoms. The number of aryl methyl sites for hydroxylation is 1. The van der Waals surface area contributed by atoms with E-state index in [1.165, 1.54) is 38.1 Å². The second kappa shape index (κ2) is 8.48. The number of piperidine rings is 1. The number of pyridine rings is 1. The molecular weight excluding hydrogens is 435 g/mol. The van der Waals surface area contributed by atoms with Crippen LogP contribution >= 0.6 is 0 Å². The molecule has 0 aromatic carbocycles. The third-order valence-corrected chi connectivity index (χ3v) is 8.37. The predicted octanol–water partition coefficient (Wildman–Crippen LogP) is 3.39. The number of carbonyl (C=O) groups is 1. The molecule has 0 saturated carbocycles. The Labute approximate surface area is 178 Å². The quantitative estimate of drug-likeness (QED) is 0.692. The number of halogens is 3. The number of hydrogen-bond acceptors (Lipinski definition) is 5. The summed E-state index contributed by atoms with van der Waals surface area (Å²) < 4.78 is 66.1. The normalized spacial score (nSPS) is 16.0. The van der Waals surface area contributed by atoms with E-state index in [1.807, 2.05) is 0 Å². The molecule has 8 nitrogen and oxygen atoms in total. The molecule has 1 aliphatic heterocycles. The number of hydrogen-bond donors (Lipinski definition) is 1. The molecule has 12 heteroatoms. The zero-order valence-corrected chi connectivity index (χ0v) is 18.2. The Morgan fingerprint density at radius 2 is 1.94 bits per heavy atom. The van der Waals surface area contributed by atoms with Gasteiger partial charge in [0, 0.05) is 44.3 Å². The van der Waals surface area contributed by atoms with Gasteiger partial charge in [-0.2, -0.15) is 9.49 Å². The molecule has 0 spiro atoms. The molecule has 0 bridgehead atoms. The Morgan fingerprint density at radius 1 is 1.29 bits per heavy atom. The van der Waals surface area contributed by atoms with Crippen molar-refractivity contribution in [2.75, 3.05) is 18.4 Å². The highest BCUT2D eigenvalue weighted by Crippen LogP contribution is 2.40. The van der Waals surface area contributed by atoms with E-state index >= 15 is 0 Å². The number of urea groups is 1. The summed E-state index contributed by atoms with van der Waals surface area (Å²) in [6, 6.07) is 2.11. The van der Waals surface area contributed by atoms with Crippen molar-refractivity contribution in [1.29, 1.82) is 0 Å². The van der Waals surface area contributed by atoms with Crippen molar-refractivity contribution < 1.29 is 26.4 Å². The Kier molecular flexibility index (Phi) is 6.30. The van der Waals surface area contributed by atoms with Crippen molar-refractivity contribution in [1.82, 2.24) is 19.7 Å². The summed E-state index contributed by atoms with van der Waals surface area (Å²) >= 11 is 0. The zero-order valence-electron chi connectivity index (χ0n) is 17.3. The van der Waals surface area contributed by atoms with Crippen LogP contribution in [0.2, 0.25) is 0 Å². The summed E-state index contributed by atoms with van der Waals surface area (Å²) in [4.78, 5) is 16.9. The fourth-order valence-corrected chi connectivity index (χ4v) is 5.74. The summed E-state index contributed by atoms with van der Waals surface area (Å²) in [5, 5.41) is 6.19. The van der Waals surface area contributed by atoms with E-state index in [1.54, 1.807) is 0 Å². The smallest absolute Gasteiger partial charge is 0.321 e. The molecule has 170 valence electrons. The molecule has 0 atom stereocenters. The highest BCUT2D eigenvalue weighted by molar-refractivity contribution is 7.92. The summed E-state index contributed by atoms with van der Waals surface area (Å²) in [5.41, 5.74) is -0.490. The van der Waals surface area contributed by atoms with Crippen LogP contribution in [0.25, 0.3) is 0 Å². The predicted molar refractivity (Wildman–Crippen MR) is 107 cm³/mol. The molecule has 1 N–H and O–H groups in total. The van der Waals surface area contributed by atoms with Crippen molar-refractivity contribution in [3.05, 3.63) is 36.2 Å². The van der Waals surface area contributed by atoms with E-state index in [0.717, 1.165) is 16.9 Å². The maximum absolute atomic E-state index is 13.3. The van der Waals surface area contributed by atoms with E-state index in [4.69, 9.17) is 0 Å². The molecule has 1 fully saturated rings. The van der Waals surface area contributed by atoms with Crippen LogP contribution in [0.1, 0.15) is 38.8 Å². The molecule has 1 aliphatic rings. The first-order valence-electron chi connectivity index (χ1n) is 9.67. The number of aromatic nitrogens is 3. The molecular formula is C19H24F3N5O3S. The minimum absolute atomic E-state index is 0.263. The van der Waals surface area contributed by atoms with Crippen molar-refractivity contribution in [2.24, 2.45) is 13.0 Å². The number of likely N-dealkylation sites (tertiary alicyclic amines) is 1. The topological polar surface area (TPSA) is 97.2 Å². The number of nitrogens with one attached hydrogen (secondary N) is 1. The van der Waals surface area contributed by atoms with Gasteiger partial charge in [0.1, 0.15) is 10.6 Å². The minimum Gasteiger partial charge on any atom is -0.325 e. The van der Waals surface area contributed by atoms with E-state index in [2.05, 4.69) is 15.4 Å². The lowest BCUT2D eigenvalue weighted by Gasteiger charge is -2.40. The van der Waals surface area contributed by atoms with Gasteiger partial charge >= 0.3 is 6.03 Å². The average molecular weight is 459 g/mol. The van der Waals surface area contributed by atoms with Crippen LogP contribution in [0.4, 0.5) is 23.7 Å². The molecule has 2 aromatic heterocycles. The molecule has 2 amide bonds. The first-order valence-corrected chi connectivity index (χ1v) is 11.2. The lowest BCUT2D eigenvalue weighted by molar-refractivity contribution is 0.141. The highest BCUT2D eigenvalue weighted by Gasteiger charge is 2.46. The van der Waals surface area contributed by atoms with Crippen LogP contribution in [-0.2, 0) is 16.9 Å². The van der Waals surface area contributed by atoms with Gasteiger partial charge in [0.25, 0.3) is 6.43 Å². The van der Waals surface area contributed by atoms with Gasteiger partial charge in [-0.3, -0.25) is 4.68 Å². The summed E-state index contributed by atoms with van der Waals surface area (Å²) in [6.07, 6.45) is 0.0693. The lowest BCUT2D eigenvalue weighted by Crippen LogP contribution is -2.48. The van der Waals surface area contributed by atoms with Gasteiger partial charge in [0.15, 0.2) is 9.84 Å². The number of alkyl halides is 2. The third kappa shape index (κ3) is 4.53. The summed E-state index contributed by atoms with van der Waals surface area (Å²) in [7, 11) is -2.72. The fraction of sp³-hybridized carbons (Fsp3) is 0.526. The van der Waals surface area contributed by atoms with Crippen molar-refractivity contribution >= 4 is 21.6 Å². The fourth-order valence-electron chi connectivity index (χ4n) is 3.81. The second-order valence-corrected chi connectivity index (χ2v) is 10.5. The van der Waals surface area contributed by atoms with Crippen LogP contribution in [0.5, 0.6) is 0 Å². The van der Waals surface area contributed by atoms with Gasteiger partial charge in [-0.25, -0.2) is 27.0 Å². The summed E-state index contributed by atoms with van der Waals surface area (Å²) in [6.45, 7) is 3.59. The van der Waals surface area contributed by atoms with Crippen molar-refractivity contribution in [3.63, 3.8) is 0 Å². The van der Waals surface area contributed by atoms with Crippen LogP contribution < -0.4 is 5.32 Å². The third-order valence-electron chi connectivity index (χ3n) is 5.75. The molecule has 3 rings (SSSR count). The van der Waals surface area contributed by atoms with Gasteiger partial charge < -0.3 is 10.2 Å². The monoisotopic (exact) mass is 459 g/mol. The first kappa shape index (κ1) is 23.0. The van der Waals surface area contributed by atoms with Gasteiger partial charge in [0.05, 0.1) is 4.75 Å². The molecule has 0 unspecified atom stereocenters. The van der Waals surface area contributed by atoms with Crippen LogP contribution in [-0.4, -0.2) is 51.9 Å². The molecule has 0 radical (unpaired) electrons. The maximum atomic E-state index is 13.3. The lowest BCUT2D eigenvalue weighted by atomic mass is 9.86. The Hall–Kier alpha value is -2.63. The Bertz CT molecular complexity index is 1060. The van der Waals surface area contributed by atoms with Crippen molar-refractivity contribution in [3.8, 4) is 0 Å². The zero-order chi connectivity index (χ0) is 23.0. The van der Waals surface area contributed by atoms with E-state index < -0.39 is 43.6 Å². The molecule has 1 saturated heterocycles. The number of amides is 2. The van der Waals surface area contributed by atoms with Crippen LogP contribution in [0.15, 0.2) is 29.4 Å². The first-order chi connectivity index (χ1) is 14.4. The Morgan fingerprint density at radius 3 is 2.52 bits per heavy atom. The van der Waals surface area contributed by atoms with Gasteiger partial charge in [-0.15, -0.1) is 0 Å². The van der Waals surface area contributed by atoms with E-state index in [9.17, 15) is 26.4 Å².